The van der Waals surface area contributed by atoms with Gasteiger partial charge in [0.1, 0.15) is 5.84 Å². The minimum absolute atomic E-state index is 0.00841. The SMILES string of the molecule is O=C(N[C@@]1(C(F)(F)F)N=C(c2ccccc2)N(C2CCCCC2)C1=O)C1CC1. The van der Waals surface area contributed by atoms with Gasteiger partial charge >= 0.3 is 11.8 Å². The summed E-state index contributed by atoms with van der Waals surface area (Å²) in [6.45, 7) is 0. The number of hydrogen-bond donors (Lipinski definition) is 1. The van der Waals surface area contributed by atoms with E-state index in [-0.39, 0.29) is 11.9 Å². The van der Waals surface area contributed by atoms with Crippen LogP contribution in [0.25, 0.3) is 0 Å². The van der Waals surface area contributed by atoms with Crippen molar-refractivity contribution in [3.8, 4) is 0 Å². The third kappa shape index (κ3) is 3.18. The molecule has 1 aromatic rings. The lowest BCUT2D eigenvalue weighted by Gasteiger charge is -2.34. The average Bonchev–Trinajstić information content (AvgIpc) is 3.48. The van der Waals surface area contributed by atoms with Crippen molar-refractivity contribution in [2.24, 2.45) is 10.9 Å². The Morgan fingerprint density at radius 3 is 2.29 bits per heavy atom. The summed E-state index contributed by atoms with van der Waals surface area (Å²) in [6, 6.07) is 8.06. The summed E-state index contributed by atoms with van der Waals surface area (Å²) in [5.41, 5.74) is -2.80. The second-order valence-corrected chi connectivity index (χ2v) is 7.74. The van der Waals surface area contributed by atoms with Crippen LogP contribution in [0.15, 0.2) is 35.3 Å². The van der Waals surface area contributed by atoms with Crippen LogP contribution >= 0.6 is 0 Å². The Hall–Kier alpha value is -2.38. The molecular weight excluding hydrogens is 371 g/mol. The molecular formula is C20H22F3N3O2. The van der Waals surface area contributed by atoms with Crippen LogP contribution in [0, 0.1) is 5.92 Å². The molecule has 2 amide bonds. The zero-order valence-electron chi connectivity index (χ0n) is 15.3. The first-order valence-corrected chi connectivity index (χ1v) is 9.71. The lowest BCUT2D eigenvalue weighted by atomic mass is 9.93. The van der Waals surface area contributed by atoms with E-state index in [0.29, 0.717) is 31.2 Å². The number of carbonyl (C=O) groups excluding carboxylic acids is 2. The molecule has 1 heterocycles. The summed E-state index contributed by atoms with van der Waals surface area (Å²) in [7, 11) is 0. The largest absolute Gasteiger partial charge is 0.442 e. The van der Waals surface area contributed by atoms with Crippen LogP contribution in [0.2, 0.25) is 0 Å². The first-order valence-electron chi connectivity index (χ1n) is 9.71. The highest BCUT2D eigenvalue weighted by Crippen LogP contribution is 2.42. The molecule has 4 rings (SSSR count). The molecule has 2 saturated carbocycles. The second-order valence-electron chi connectivity index (χ2n) is 7.74. The van der Waals surface area contributed by atoms with E-state index in [1.807, 2.05) is 5.32 Å². The van der Waals surface area contributed by atoms with Crippen LogP contribution in [-0.2, 0) is 9.59 Å². The normalized spacial score (nSPS) is 26.3. The Morgan fingerprint density at radius 2 is 1.71 bits per heavy atom. The average molecular weight is 393 g/mol. The third-order valence-corrected chi connectivity index (χ3v) is 5.66. The maximum Gasteiger partial charge on any atom is 0.442 e. The summed E-state index contributed by atoms with van der Waals surface area (Å²) < 4.78 is 42.5. The fraction of sp³-hybridized carbons (Fsp3) is 0.550. The molecule has 5 nitrogen and oxygen atoms in total. The van der Waals surface area contributed by atoms with Gasteiger partial charge in [0.25, 0.3) is 5.91 Å². The fourth-order valence-electron chi connectivity index (χ4n) is 3.96. The van der Waals surface area contributed by atoms with Crippen molar-refractivity contribution in [2.45, 2.75) is 62.8 Å². The number of amides is 2. The highest BCUT2D eigenvalue weighted by molar-refractivity contribution is 6.16. The zero-order chi connectivity index (χ0) is 19.9. The number of benzene rings is 1. The van der Waals surface area contributed by atoms with Crippen molar-refractivity contribution < 1.29 is 22.8 Å². The molecule has 150 valence electrons. The van der Waals surface area contributed by atoms with Gasteiger partial charge in [0, 0.05) is 17.5 Å². The number of nitrogens with one attached hydrogen (secondary N) is 1. The minimum atomic E-state index is -5.03. The standard InChI is InChI=1S/C20H22F3N3O2/c21-20(22,23)19(25-17(27)14-11-12-14)18(28)26(15-9-5-2-6-10-15)16(24-19)13-7-3-1-4-8-13/h1,3-4,7-8,14-15H,2,5-6,9-12H2,(H,25,27)/t19-/m0/s1. The molecule has 0 radical (unpaired) electrons. The third-order valence-electron chi connectivity index (χ3n) is 5.66. The number of rotatable bonds is 4. The van der Waals surface area contributed by atoms with E-state index in [1.54, 1.807) is 30.3 Å². The summed E-state index contributed by atoms with van der Waals surface area (Å²) in [4.78, 5) is 30.5. The smallest absolute Gasteiger partial charge is 0.316 e. The number of alkyl halides is 3. The Balaban J connectivity index is 1.80. The number of hydrogen-bond acceptors (Lipinski definition) is 3. The first kappa shape index (κ1) is 19.0. The maximum atomic E-state index is 14.2. The first-order chi connectivity index (χ1) is 13.3. The van der Waals surface area contributed by atoms with E-state index in [2.05, 4.69) is 4.99 Å². The van der Waals surface area contributed by atoms with Crippen LogP contribution in [-0.4, -0.2) is 40.4 Å². The van der Waals surface area contributed by atoms with E-state index >= 15 is 0 Å². The quantitative estimate of drug-likeness (QED) is 0.852. The predicted octanol–water partition coefficient (Wildman–Crippen LogP) is 3.39. The van der Waals surface area contributed by atoms with Gasteiger partial charge in [-0.25, -0.2) is 4.99 Å². The lowest BCUT2D eigenvalue weighted by Crippen LogP contribution is -2.64. The number of amidine groups is 1. The van der Waals surface area contributed by atoms with E-state index in [1.165, 1.54) is 4.90 Å². The molecule has 1 aliphatic heterocycles. The summed E-state index contributed by atoms with van der Waals surface area (Å²) >= 11 is 0. The predicted molar refractivity (Wildman–Crippen MR) is 96.4 cm³/mol. The Bertz CT molecular complexity index is 799. The lowest BCUT2D eigenvalue weighted by molar-refractivity contribution is -0.201. The summed E-state index contributed by atoms with van der Waals surface area (Å²) in [5.74, 6) is -2.43. The molecule has 1 atom stereocenters. The molecule has 0 saturated heterocycles. The molecule has 28 heavy (non-hydrogen) atoms. The Morgan fingerprint density at radius 1 is 1.07 bits per heavy atom. The molecule has 1 N–H and O–H groups in total. The summed E-state index contributed by atoms with van der Waals surface area (Å²) in [6.07, 6.45) is 0.000503. The number of halogens is 3. The van der Waals surface area contributed by atoms with Gasteiger partial charge in [-0.2, -0.15) is 13.2 Å². The van der Waals surface area contributed by atoms with E-state index in [4.69, 9.17) is 0 Å². The molecule has 3 aliphatic rings. The van der Waals surface area contributed by atoms with Gasteiger partial charge in [-0.3, -0.25) is 14.5 Å². The van der Waals surface area contributed by atoms with Crippen molar-refractivity contribution in [1.82, 2.24) is 10.2 Å². The topological polar surface area (TPSA) is 61.8 Å². The van der Waals surface area contributed by atoms with Crippen LogP contribution in [0.3, 0.4) is 0 Å². The van der Waals surface area contributed by atoms with E-state index in [9.17, 15) is 22.8 Å². The summed E-state index contributed by atoms with van der Waals surface area (Å²) in [5, 5.41) is 1.97. The van der Waals surface area contributed by atoms with Gasteiger partial charge in [-0.15, -0.1) is 0 Å². The van der Waals surface area contributed by atoms with Crippen molar-refractivity contribution in [1.29, 1.82) is 0 Å². The number of nitrogens with zero attached hydrogens (tertiary/aromatic N) is 2. The Kier molecular flexibility index (Phi) is 4.67. The van der Waals surface area contributed by atoms with Gasteiger partial charge in [0.2, 0.25) is 5.91 Å². The highest BCUT2D eigenvalue weighted by atomic mass is 19.4. The maximum absolute atomic E-state index is 14.2. The van der Waals surface area contributed by atoms with Gasteiger partial charge in [0.15, 0.2) is 0 Å². The number of carbonyl (C=O) groups is 2. The van der Waals surface area contributed by atoms with Crippen LogP contribution < -0.4 is 5.32 Å². The van der Waals surface area contributed by atoms with Gasteiger partial charge in [-0.05, 0) is 25.7 Å². The molecule has 0 aromatic heterocycles. The van der Waals surface area contributed by atoms with Crippen molar-refractivity contribution in [3.63, 3.8) is 0 Å². The molecule has 0 bridgehead atoms. The minimum Gasteiger partial charge on any atom is -0.316 e. The van der Waals surface area contributed by atoms with Gasteiger partial charge < -0.3 is 5.32 Å². The fourth-order valence-corrected chi connectivity index (χ4v) is 3.96. The monoisotopic (exact) mass is 393 g/mol. The highest BCUT2D eigenvalue weighted by Gasteiger charge is 2.68. The van der Waals surface area contributed by atoms with Crippen molar-refractivity contribution in [3.05, 3.63) is 35.9 Å². The van der Waals surface area contributed by atoms with Crippen molar-refractivity contribution in [2.75, 3.05) is 0 Å². The molecule has 2 fully saturated rings. The van der Waals surface area contributed by atoms with Crippen LogP contribution in [0.5, 0.6) is 0 Å². The molecule has 8 heteroatoms. The molecule has 1 aromatic carbocycles. The Labute approximate surface area is 161 Å². The molecule has 2 aliphatic carbocycles. The van der Waals surface area contributed by atoms with E-state index in [0.717, 1.165) is 19.3 Å². The number of aliphatic imine (C=N–C) groups is 1. The zero-order valence-corrected chi connectivity index (χ0v) is 15.3. The molecule has 0 spiro atoms. The van der Waals surface area contributed by atoms with Crippen molar-refractivity contribution >= 4 is 17.6 Å². The molecule has 0 unspecified atom stereocenters. The second kappa shape index (κ2) is 6.90. The van der Waals surface area contributed by atoms with Gasteiger partial charge in [0.05, 0.1) is 0 Å². The van der Waals surface area contributed by atoms with Gasteiger partial charge in [-0.1, -0.05) is 49.6 Å². The van der Waals surface area contributed by atoms with E-state index < -0.39 is 29.6 Å². The van der Waals surface area contributed by atoms with Crippen LogP contribution in [0.1, 0.15) is 50.5 Å². The van der Waals surface area contributed by atoms with Crippen LogP contribution in [0.4, 0.5) is 13.2 Å².